The van der Waals surface area contributed by atoms with E-state index in [4.69, 9.17) is 0 Å². The number of benzene rings is 2. The minimum atomic E-state index is -3.04. The van der Waals surface area contributed by atoms with Crippen molar-refractivity contribution >= 4 is 28.9 Å². The maximum absolute atomic E-state index is 13.6. The van der Waals surface area contributed by atoms with Crippen LogP contribution in [0.1, 0.15) is 25.0 Å². The summed E-state index contributed by atoms with van der Waals surface area (Å²) in [5, 5.41) is 10.9. The first-order valence-electron chi connectivity index (χ1n) is 9.62. The molecule has 0 fully saturated rings. The Morgan fingerprint density at radius 1 is 1.23 bits per heavy atom. The van der Waals surface area contributed by atoms with E-state index in [0.29, 0.717) is 23.5 Å². The van der Waals surface area contributed by atoms with E-state index in [1.165, 1.54) is 29.3 Å². The largest absolute Gasteiger partial charge is 0.325 e. The van der Waals surface area contributed by atoms with Crippen LogP contribution < -0.4 is 15.6 Å². The number of anilines is 2. The van der Waals surface area contributed by atoms with Gasteiger partial charge in [-0.15, -0.1) is 0 Å². The first-order chi connectivity index (χ1) is 14.7. The summed E-state index contributed by atoms with van der Waals surface area (Å²) in [6.45, 7) is 2.88. The molecule has 0 aromatic heterocycles. The van der Waals surface area contributed by atoms with E-state index in [0.717, 1.165) is 6.92 Å². The number of rotatable bonds is 5. The van der Waals surface area contributed by atoms with Crippen LogP contribution >= 0.6 is 0 Å². The minimum absolute atomic E-state index is 0.185. The molecule has 2 N–H and O–H groups in total. The van der Waals surface area contributed by atoms with Crippen LogP contribution in [-0.2, 0) is 15.5 Å². The van der Waals surface area contributed by atoms with Crippen molar-refractivity contribution in [1.29, 1.82) is 0 Å². The molecule has 0 spiro atoms. The maximum Gasteiger partial charge on any atom is 0.270 e. The summed E-state index contributed by atoms with van der Waals surface area (Å²) in [5.41, 5.74) is 1.46. The Hall–Kier alpha value is -3.57. The number of hydrogen-bond donors (Lipinski definition) is 2. The number of nitrogens with zero attached hydrogens (tertiary/aromatic N) is 2. The van der Waals surface area contributed by atoms with E-state index in [1.54, 1.807) is 32.2 Å². The normalized spacial score (nSPS) is 15.9. The molecule has 1 aliphatic rings. The molecule has 3 rings (SSSR count). The van der Waals surface area contributed by atoms with Gasteiger partial charge in [0.25, 0.3) is 11.8 Å². The number of carbonyl (C=O) groups excluding carboxylic acids is 2. The molecule has 2 amide bonds. The van der Waals surface area contributed by atoms with Crippen molar-refractivity contribution in [3.8, 4) is 11.8 Å². The molecule has 8 heteroatoms. The Kier molecular flexibility index (Phi) is 6.47. The molecule has 0 saturated heterocycles. The Balaban J connectivity index is 1.78. The molecular weight excluding hydrogens is 402 g/mol. The predicted octanol–water partition coefficient (Wildman–Crippen LogP) is 3.35. The van der Waals surface area contributed by atoms with E-state index < -0.39 is 23.7 Å². The van der Waals surface area contributed by atoms with Crippen LogP contribution in [0.15, 0.2) is 53.6 Å². The average molecular weight is 424 g/mol. The van der Waals surface area contributed by atoms with Crippen molar-refractivity contribution in [2.24, 2.45) is 11.0 Å². The third-order valence-electron chi connectivity index (χ3n) is 4.62. The molecule has 160 valence electrons. The van der Waals surface area contributed by atoms with E-state index >= 15 is 0 Å². The second-order valence-electron chi connectivity index (χ2n) is 7.17. The van der Waals surface area contributed by atoms with Crippen molar-refractivity contribution in [2.45, 2.75) is 19.8 Å². The van der Waals surface area contributed by atoms with Crippen molar-refractivity contribution < 1.29 is 18.4 Å². The smallest absolute Gasteiger partial charge is 0.270 e. The molecule has 1 atom stereocenters. The molecule has 2 aromatic carbocycles. The lowest BCUT2D eigenvalue weighted by Gasteiger charge is -2.16. The molecule has 2 aromatic rings. The summed E-state index contributed by atoms with van der Waals surface area (Å²) in [4.78, 5) is 25.7. The van der Waals surface area contributed by atoms with E-state index in [9.17, 15) is 18.4 Å². The van der Waals surface area contributed by atoms with Crippen LogP contribution in [0.2, 0.25) is 0 Å². The monoisotopic (exact) mass is 424 g/mol. The van der Waals surface area contributed by atoms with Gasteiger partial charge >= 0.3 is 0 Å². The van der Waals surface area contributed by atoms with Gasteiger partial charge in [0.15, 0.2) is 5.92 Å². The van der Waals surface area contributed by atoms with E-state index in [-0.39, 0.29) is 11.3 Å². The van der Waals surface area contributed by atoms with Gasteiger partial charge in [0.1, 0.15) is 0 Å². The molecule has 1 aliphatic heterocycles. The third kappa shape index (κ3) is 5.13. The highest BCUT2D eigenvalue weighted by molar-refractivity contribution is 6.28. The summed E-state index contributed by atoms with van der Waals surface area (Å²) in [6, 6.07) is 12.4. The standard InChI is InChI=1S/C23H22F2N4O2/c1-15-20(21(30)27-18-10-5-9-17(14-18)23(2,24)25)22(31)29(28-15)19-11-4-7-16(13-19)8-6-12-26-3/h4-5,7,9-11,13-14,20,26H,12H2,1-3H3,(H,27,30). The summed E-state index contributed by atoms with van der Waals surface area (Å²) >= 11 is 0. The number of hydrazone groups is 1. The SMILES string of the molecule is CNCC#Cc1cccc(N2N=C(C)C(C(=O)Nc3cccc(C(C)(F)F)c3)C2=O)c1. The first kappa shape index (κ1) is 22.1. The average Bonchev–Trinajstić information content (AvgIpc) is 3.02. The van der Waals surface area contributed by atoms with Crippen molar-refractivity contribution in [3.63, 3.8) is 0 Å². The molecule has 0 bridgehead atoms. The zero-order valence-corrected chi connectivity index (χ0v) is 17.4. The highest BCUT2D eigenvalue weighted by atomic mass is 19.3. The zero-order chi connectivity index (χ0) is 22.6. The molecule has 1 heterocycles. The second kappa shape index (κ2) is 9.06. The fraction of sp³-hybridized carbons (Fsp3) is 0.261. The predicted molar refractivity (Wildman–Crippen MR) is 116 cm³/mol. The molecule has 1 unspecified atom stereocenters. The molecular formula is C23H22F2N4O2. The Morgan fingerprint density at radius 3 is 2.68 bits per heavy atom. The summed E-state index contributed by atoms with van der Waals surface area (Å²) in [6.07, 6.45) is 0. The van der Waals surface area contributed by atoms with E-state index in [2.05, 4.69) is 27.6 Å². The van der Waals surface area contributed by atoms with Crippen molar-refractivity contribution in [3.05, 3.63) is 59.7 Å². The topological polar surface area (TPSA) is 73.8 Å². The van der Waals surface area contributed by atoms with Gasteiger partial charge in [0, 0.05) is 23.7 Å². The number of nitrogens with one attached hydrogen (secondary N) is 2. The van der Waals surface area contributed by atoms with Gasteiger partial charge in [0.2, 0.25) is 5.91 Å². The van der Waals surface area contributed by atoms with Gasteiger partial charge in [-0.05, 0) is 44.3 Å². The number of amides is 2. The van der Waals surface area contributed by atoms with Crippen LogP contribution in [0.3, 0.4) is 0 Å². The van der Waals surface area contributed by atoms with Gasteiger partial charge in [-0.3, -0.25) is 9.59 Å². The fourth-order valence-corrected chi connectivity index (χ4v) is 3.09. The van der Waals surface area contributed by atoms with Gasteiger partial charge in [-0.25, -0.2) is 8.78 Å². The Labute approximate surface area is 179 Å². The number of alkyl halides is 2. The van der Waals surface area contributed by atoms with Crippen LogP contribution in [-0.4, -0.2) is 31.1 Å². The molecule has 31 heavy (non-hydrogen) atoms. The second-order valence-corrected chi connectivity index (χ2v) is 7.17. The quantitative estimate of drug-likeness (QED) is 0.571. The highest BCUT2D eigenvalue weighted by Crippen LogP contribution is 2.29. The minimum Gasteiger partial charge on any atom is -0.325 e. The number of hydrogen-bond acceptors (Lipinski definition) is 4. The van der Waals surface area contributed by atoms with Gasteiger partial charge < -0.3 is 10.6 Å². The maximum atomic E-state index is 13.6. The molecule has 0 aliphatic carbocycles. The van der Waals surface area contributed by atoms with Crippen molar-refractivity contribution in [1.82, 2.24) is 5.32 Å². The summed E-state index contributed by atoms with van der Waals surface area (Å²) < 4.78 is 27.1. The molecule has 0 saturated carbocycles. The highest BCUT2D eigenvalue weighted by Gasteiger charge is 2.40. The summed E-state index contributed by atoms with van der Waals surface area (Å²) in [7, 11) is 1.79. The van der Waals surface area contributed by atoms with Gasteiger partial charge in [-0.2, -0.15) is 10.1 Å². The van der Waals surface area contributed by atoms with Crippen LogP contribution in [0, 0.1) is 17.8 Å². The Bertz CT molecular complexity index is 1100. The van der Waals surface area contributed by atoms with Gasteiger partial charge in [-0.1, -0.05) is 30.0 Å². The number of halogens is 2. The number of carbonyl (C=O) groups is 2. The lowest BCUT2D eigenvalue weighted by molar-refractivity contribution is -0.127. The van der Waals surface area contributed by atoms with Gasteiger partial charge in [0.05, 0.1) is 17.9 Å². The Morgan fingerprint density at radius 2 is 1.97 bits per heavy atom. The fourth-order valence-electron chi connectivity index (χ4n) is 3.09. The van der Waals surface area contributed by atoms with Crippen molar-refractivity contribution in [2.75, 3.05) is 23.9 Å². The zero-order valence-electron chi connectivity index (χ0n) is 17.4. The lowest BCUT2D eigenvalue weighted by atomic mass is 10.0. The van der Waals surface area contributed by atoms with E-state index in [1.807, 2.05) is 6.07 Å². The van der Waals surface area contributed by atoms with Crippen LogP contribution in [0.5, 0.6) is 0 Å². The molecule has 0 radical (unpaired) electrons. The molecule has 6 nitrogen and oxygen atoms in total. The summed E-state index contributed by atoms with van der Waals surface area (Å²) in [5.74, 6) is 0.580. The first-order valence-corrected chi connectivity index (χ1v) is 9.62. The van der Waals surface area contributed by atoms with Crippen LogP contribution in [0.25, 0.3) is 0 Å². The lowest BCUT2D eigenvalue weighted by Crippen LogP contribution is -2.36. The third-order valence-corrected chi connectivity index (χ3v) is 4.62. The van der Waals surface area contributed by atoms with Crippen LogP contribution in [0.4, 0.5) is 20.2 Å².